The molecule has 0 unspecified atom stereocenters. The number of rotatable bonds is 7. The molecule has 0 fully saturated rings. The number of amides is 3. The lowest BCUT2D eigenvalue weighted by atomic mass is 9.88. The lowest BCUT2D eigenvalue weighted by Gasteiger charge is -2.28. The number of carbonyl (C=O) groups excluding carboxylic acids is 2. The fourth-order valence-corrected chi connectivity index (χ4v) is 3.00. The molecule has 0 saturated carbocycles. The third-order valence-electron chi connectivity index (χ3n) is 4.26. The van der Waals surface area contributed by atoms with Gasteiger partial charge in [0.1, 0.15) is 23.8 Å². The number of ether oxygens (including phenoxy) is 1. The molecule has 164 valence electrons. The molecule has 12 heteroatoms. The molecular formula is C18H27ClN8O3. The molecule has 1 aliphatic carbocycles. The molecule has 1 heterocycles. The van der Waals surface area contributed by atoms with Crippen LogP contribution in [0, 0.1) is 0 Å². The molecule has 0 aromatic carbocycles. The summed E-state index contributed by atoms with van der Waals surface area (Å²) in [6, 6.07) is -0.675. The van der Waals surface area contributed by atoms with Crippen LogP contribution in [-0.4, -0.2) is 41.0 Å². The first-order chi connectivity index (χ1) is 14.2. The van der Waals surface area contributed by atoms with Gasteiger partial charge in [-0.2, -0.15) is 0 Å². The topological polar surface area (TPSA) is 187 Å². The maximum absolute atomic E-state index is 12.5. The Kier molecular flexibility index (Phi) is 7.72. The molecule has 10 N–H and O–H groups in total. The Bertz CT molecular complexity index is 819. The molecule has 0 spiro atoms. The van der Waals surface area contributed by atoms with Gasteiger partial charge in [0, 0.05) is 0 Å². The molecule has 0 aromatic rings. The number of nitrogens with zero attached hydrogens (tertiary/aromatic N) is 2. The van der Waals surface area contributed by atoms with Crippen molar-refractivity contribution >= 4 is 29.5 Å². The highest BCUT2D eigenvalue weighted by Crippen LogP contribution is 2.27. The minimum atomic E-state index is -0.767. The third-order valence-corrected chi connectivity index (χ3v) is 4.65. The third kappa shape index (κ3) is 6.16. The number of hydrogen-bond donors (Lipinski definition) is 6. The number of hydrogen-bond acceptors (Lipinski definition) is 7. The quantitative estimate of drug-likeness (QED) is 0.139. The molecule has 2 rings (SSSR count). The van der Waals surface area contributed by atoms with Gasteiger partial charge in [-0.15, -0.1) is 0 Å². The number of primary amides is 1. The van der Waals surface area contributed by atoms with Gasteiger partial charge in [0.25, 0.3) is 0 Å². The SMILES string of the molecule is CCCCC1(N=C(N)NC(=O)N2C=C(N)NC(N)=C2Cl)C=CC(OCC(N)=O)C=C1. The molecule has 0 atom stereocenters. The van der Waals surface area contributed by atoms with Gasteiger partial charge in [0.15, 0.2) is 11.1 Å². The predicted octanol–water partition coefficient (Wildman–Crippen LogP) is -0.0769. The number of guanidine groups is 1. The second-order valence-corrected chi connectivity index (χ2v) is 7.12. The van der Waals surface area contributed by atoms with E-state index in [2.05, 4.69) is 22.5 Å². The minimum Gasteiger partial charge on any atom is -0.384 e. The molecule has 0 bridgehead atoms. The number of urea groups is 1. The van der Waals surface area contributed by atoms with Crippen LogP contribution in [0.15, 0.2) is 52.3 Å². The van der Waals surface area contributed by atoms with E-state index in [0.29, 0.717) is 6.42 Å². The van der Waals surface area contributed by atoms with Crippen LogP contribution in [0.4, 0.5) is 4.79 Å². The standard InChI is InChI=1S/C18H27ClN8O3/c1-2-3-6-18(7-4-11(5-8-18)30-10-13(21)28)26-16(23)25-17(29)27-9-12(20)24-15(22)14(27)19/h4-5,7-9,11,24H,2-3,6,10,20,22H2,1H3,(H2,21,28)(H3,23,25,26,29). The van der Waals surface area contributed by atoms with Gasteiger partial charge in [-0.25, -0.2) is 9.79 Å². The summed E-state index contributed by atoms with van der Waals surface area (Å²) in [4.78, 5) is 28.9. The molecule has 30 heavy (non-hydrogen) atoms. The Labute approximate surface area is 179 Å². The molecular weight excluding hydrogens is 412 g/mol. The molecule has 2 aliphatic rings. The maximum atomic E-state index is 12.5. The lowest BCUT2D eigenvalue weighted by molar-refractivity contribution is -0.123. The zero-order chi connectivity index (χ0) is 22.3. The molecule has 11 nitrogen and oxygen atoms in total. The Hall–Kier alpha value is -3.18. The van der Waals surface area contributed by atoms with Crippen molar-refractivity contribution in [2.45, 2.75) is 37.8 Å². The Morgan fingerprint density at radius 2 is 2.00 bits per heavy atom. The van der Waals surface area contributed by atoms with E-state index < -0.39 is 23.6 Å². The van der Waals surface area contributed by atoms with E-state index in [1.807, 2.05) is 12.2 Å². The van der Waals surface area contributed by atoms with E-state index in [4.69, 9.17) is 39.3 Å². The van der Waals surface area contributed by atoms with Gasteiger partial charge in [0.05, 0.1) is 12.3 Å². The Morgan fingerprint density at radius 3 is 2.60 bits per heavy atom. The van der Waals surface area contributed by atoms with Crippen LogP contribution in [-0.2, 0) is 9.53 Å². The number of nitrogens with one attached hydrogen (secondary N) is 2. The molecule has 3 amide bonds. The van der Waals surface area contributed by atoms with E-state index in [0.717, 1.165) is 17.7 Å². The van der Waals surface area contributed by atoms with Gasteiger partial charge in [0.2, 0.25) is 5.91 Å². The Morgan fingerprint density at radius 1 is 1.33 bits per heavy atom. The van der Waals surface area contributed by atoms with Crippen molar-refractivity contribution in [2.24, 2.45) is 27.9 Å². The number of aliphatic imine (C=N–C) groups is 1. The lowest BCUT2D eigenvalue weighted by Crippen LogP contribution is -2.47. The van der Waals surface area contributed by atoms with Crippen molar-refractivity contribution in [1.29, 1.82) is 0 Å². The zero-order valence-corrected chi connectivity index (χ0v) is 17.4. The van der Waals surface area contributed by atoms with E-state index in [-0.39, 0.29) is 29.4 Å². The second kappa shape index (κ2) is 10.0. The van der Waals surface area contributed by atoms with Gasteiger partial charge in [-0.05, 0) is 6.42 Å². The fraction of sp³-hybridized carbons (Fsp3) is 0.389. The van der Waals surface area contributed by atoms with Crippen molar-refractivity contribution in [3.63, 3.8) is 0 Å². The first kappa shape index (κ1) is 23.1. The van der Waals surface area contributed by atoms with E-state index >= 15 is 0 Å². The monoisotopic (exact) mass is 438 g/mol. The van der Waals surface area contributed by atoms with Gasteiger partial charge < -0.3 is 33.0 Å². The fourth-order valence-electron chi connectivity index (χ4n) is 2.82. The average Bonchev–Trinajstić information content (AvgIpc) is 2.68. The van der Waals surface area contributed by atoms with Crippen LogP contribution in [0.25, 0.3) is 0 Å². The summed E-state index contributed by atoms with van der Waals surface area (Å²) < 4.78 is 5.36. The number of unbranched alkanes of at least 4 members (excludes halogenated alkanes) is 1. The highest BCUT2D eigenvalue weighted by molar-refractivity contribution is 6.30. The van der Waals surface area contributed by atoms with Crippen molar-refractivity contribution in [2.75, 3.05) is 6.61 Å². The smallest absolute Gasteiger partial charge is 0.333 e. The number of halogens is 1. The van der Waals surface area contributed by atoms with Crippen LogP contribution in [0.5, 0.6) is 0 Å². The largest absolute Gasteiger partial charge is 0.384 e. The molecule has 1 aliphatic heterocycles. The van der Waals surface area contributed by atoms with E-state index in [1.165, 1.54) is 6.20 Å². The van der Waals surface area contributed by atoms with Crippen LogP contribution in [0.3, 0.4) is 0 Å². The minimum absolute atomic E-state index is 0.0295. The average molecular weight is 439 g/mol. The van der Waals surface area contributed by atoms with Crippen molar-refractivity contribution in [1.82, 2.24) is 15.5 Å². The highest BCUT2D eigenvalue weighted by atomic mass is 35.5. The van der Waals surface area contributed by atoms with Crippen molar-refractivity contribution in [3.8, 4) is 0 Å². The number of nitrogens with two attached hydrogens (primary N) is 4. The summed E-state index contributed by atoms with van der Waals surface area (Å²) in [5.74, 6) is -0.500. The predicted molar refractivity (Wildman–Crippen MR) is 114 cm³/mol. The summed E-state index contributed by atoms with van der Waals surface area (Å²) in [7, 11) is 0. The van der Waals surface area contributed by atoms with Crippen LogP contribution >= 0.6 is 11.6 Å². The molecule has 0 saturated heterocycles. The van der Waals surface area contributed by atoms with E-state index in [9.17, 15) is 9.59 Å². The van der Waals surface area contributed by atoms with Crippen molar-refractivity contribution in [3.05, 3.63) is 47.3 Å². The van der Waals surface area contributed by atoms with Crippen molar-refractivity contribution < 1.29 is 14.3 Å². The second-order valence-electron chi connectivity index (χ2n) is 6.77. The number of carbonyl (C=O) groups is 2. The van der Waals surface area contributed by atoms with Gasteiger partial charge in [-0.1, -0.05) is 55.7 Å². The molecule has 0 radical (unpaired) electrons. The van der Waals surface area contributed by atoms with Crippen LogP contribution in [0.1, 0.15) is 26.2 Å². The van der Waals surface area contributed by atoms with Crippen LogP contribution < -0.4 is 33.6 Å². The Balaban J connectivity index is 2.14. The molecule has 0 aromatic heterocycles. The summed E-state index contributed by atoms with van der Waals surface area (Å²) in [6.07, 6.45) is 10.5. The zero-order valence-electron chi connectivity index (χ0n) is 16.6. The first-order valence-electron chi connectivity index (χ1n) is 9.29. The normalized spacial score (nSPS) is 23.8. The van der Waals surface area contributed by atoms with Crippen LogP contribution in [0.2, 0.25) is 0 Å². The highest BCUT2D eigenvalue weighted by Gasteiger charge is 2.28. The first-order valence-corrected chi connectivity index (χ1v) is 9.67. The van der Waals surface area contributed by atoms with Gasteiger partial charge >= 0.3 is 6.03 Å². The van der Waals surface area contributed by atoms with Gasteiger partial charge in [-0.3, -0.25) is 15.0 Å². The maximum Gasteiger partial charge on any atom is 0.333 e. The summed E-state index contributed by atoms with van der Waals surface area (Å²) in [5, 5.41) is 5.03. The summed E-state index contributed by atoms with van der Waals surface area (Å²) >= 11 is 6.04. The summed E-state index contributed by atoms with van der Waals surface area (Å²) in [5.41, 5.74) is 21.7. The van der Waals surface area contributed by atoms with E-state index in [1.54, 1.807) is 12.2 Å². The summed E-state index contributed by atoms with van der Waals surface area (Å²) in [6.45, 7) is 1.86.